The third-order valence-electron chi connectivity index (χ3n) is 2.69. The van der Waals surface area contributed by atoms with Crippen LogP contribution in [0.1, 0.15) is 12.5 Å². The molecule has 0 saturated carbocycles. The summed E-state index contributed by atoms with van der Waals surface area (Å²) >= 11 is 9.71. The Hall–Kier alpha value is -0.770. The van der Waals surface area contributed by atoms with E-state index in [0.29, 0.717) is 5.16 Å². The molecular weight excluding hydrogens is 438 g/mol. The third kappa shape index (κ3) is 3.36. The minimum Gasteiger partial charge on any atom is -0.221 e. The fourth-order valence-corrected chi connectivity index (χ4v) is 4.81. The number of para-hydroxylation sites is 1. The number of thiazole rings is 1. The first-order valence-electron chi connectivity index (χ1n) is 6.05. The monoisotopic (exact) mass is 445 g/mol. The Bertz CT molecular complexity index is 751. The average Bonchev–Trinajstić information content (AvgIpc) is 3.06. The van der Waals surface area contributed by atoms with Crippen LogP contribution < -0.4 is 0 Å². The van der Waals surface area contributed by atoms with Gasteiger partial charge < -0.3 is 0 Å². The Morgan fingerprint density at radius 3 is 2.81 bits per heavy atom. The molecule has 0 radical (unpaired) electrons. The molecule has 0 bridgehead atoms. The number of aryl methyl sites for hydroxylation is 1. The van der Waals surface area contributed by atoms with Gasteiger partial charge in [-0.05, 0) is 66.9 Å². The molecule has 0 N–H and O–H groups in total. The van der Waals surface area contributed by atoms with E-state index in [9.17, 15) is 0 Å². The highest BCUT2D eigenvalue weighted by Gasteiger charge is 2.13. The fourth-order valence-electron chi connectivity index (χ4n) is 1.74. The van der Waals surface area contributed by atoms with E-state index in [2.05, 4.69) is 65.2 Å². The van der Waals surface area contributed by atoms with Gasteiger partial charge in [0.15, 0.2) is 4.34 Å². The zero-order chi connectivity index (χ0) is 14.8. The van der Waals surface area contributed by atoms with Crippen molar-refractivity contribution in [2.45, 2.75) is 22.8 Å². The van der Waals surface area contributed by atoms with Crippen LogP contribution in [0.25, 0.3) is 5.69 Å². The van der Waals surface area contributed by atoms with E-state index in [1.165, 1.54) is 28.7 Å². The minimum absolute atomic E-state index is 0.578. The maximum absolute atomic E-state index is 4.42. The van der Waals surface area contributed by atoms with Crippen LogP contribution in [-0.2, 0) is 6.42 Å². The Labute approximate surface area is 146 Å². The van der Waals surface area contributed by atoms with E-state index in [0.717, 1.165) is 24.8 Å². The van der Waals surface area contributed by atoms with Crippen molar-refractivity contribution in [3.8, 4) is 5.69 Å². The number of benzene rings is 1. The van der Waals surface area contributed by atoms with E-state index in [1.807, 2.05) is 18.2 Å². The molecular formula is C12H9Br2N5S2. The largest absolute Gasteiger partial charge is 0.238 e. The second-order valence-corrected chi connectivity index (χ2v) is 8.27. The summed E-state index contributed by atoms with van der Waals surface area (Å²) in [7, 11) is 0. The fraction of sp³-hybridized carbons (Fsp3) is 0.167. The Balaban J connectivity index is 1.86. The molecule has 3 aromatic rings. The molecule has 0 amide bonds. The summed E-state index contributed by atoms with van der Waals surface area (Å²) in [6.45, 7) is 2.11. The highest BCUT2D eigenvalue weighted by molar-refractivity contribution is 9.13. The van der Waals surface area contributed by atoms with Crippen LogP contribution in [0, 0.1) is 0 Å². The predicted molar refractivity (Wildman–Crippen MR) is 90.2 cm³/mol. The number of aromatic nitrogens is 5. The Morgan fingerprint density at radius 2 is 2.10 bits per heavy atom. The van der Waals surface area contributed by atoms with Crippen molar-refractivity contribution in [1.29, 1.82) is 0 Å². The molecule has 2 aromatic heterocycles. The van der Waals surface area contributed by atoms with Gasteiger partial charge in [0.2, 0.25) is 5.16 Å². The SMILES string of the molecule is CCc1ccccc1-n1nnc(Sc2nc(Br)c(Br)s2)n1. The lowest BCUT2D eigenvalue weighted by atomic mass is 10.1. The van der Waals surface area contributed by atoms with Crippen LogP contribution in [0.15, 0.2) is 42.2 Å². The van der Waals surface area contributed by atoms with Crippen LogP contribution in [0.3, 0.4) is 0 Å². The number of nitrogens with zero attached hydrogens (tertiary/aromatic N) is 5. The molecule has 108 valence electrons. The van der Waals surface area contributed by atoms with Crippen LogP contribution >= 0.6 is 55.0 Å². The van der Waals surface area contributed by atoms with Crippen LogP contribution in [0.2, 0.25) is 0 Å². The van der Waals surface area contributed by atoms with Gasteiger partial charge in [0.25, 0.3) is 0 Å². The molecule has 0 aliphatic carbocycles. The molecule has 0 aliphatic rings. The first kappa shape index (κ1) is 15.1. The second-order valence-electron chi connectivity index (χ2n) is 3.99. The summed E-state index contributed by atoms with van der Waals surface area (Å²) in [4.78, 5) is 5.92. The zero-order valence-electron chi connectivity index (χ0n) is 10.8. The number of rotatable bonds is 4. The number of hydrogen-bond donors (Lipinski definition) is 0. The first-order valence-corrected chi connectivity index (χ1v) is 9.27. The second kappa shape index (κ2) is 6.55. The van der Waals surface area contributed by atoms with Crippen molar-refractivity contribution >= 4 is 55.0 Å². The van der Waals surface area contributed by atoms with Gasteiger partial charge in [0.05, 0.1) is 5.69 Å². The van der Waals surface area contributed by atoms with Crippen molar-refractivity contribution in [2.75, 3.05) is 0 Å². The van der Waals surface area contributed by atoms with Gasteiger partial charge in [-0.25, -0.2) is 4.98 Å². The lowest BCUT2D eigenvalue weighted by Gasteiger charge is -2.04. The zero-order valence-corrected chi connectivity index (χ0v) is 15.6. The lowest BCUT2D eigenvalue weighted by molar-refractivity contribution is 0.709. The summed E-state index contributed by atoms with van der Waals surface area (Å²) in [5, 5.41) is 13.2. The summed E-state index contributed by atoms with van der Waals surface area (Å²) in [6, 6.07) is 8.05. The lowest BCUT2D eigenvalue weighted by Crippen LogP contribution is -2.02. The summed E-state index contributed by atoms with van der Waals surface area (Å²) in [5.74, 6) is 0. The van der Waals surface area contributed by atoms with E-state index < -0.39 is 0 Å². The molecule has 0 fully saturated rings. The first-order chi connectivity index (χ1) is 10.2. The highest BCUT2D eigenvalue weighted by Crippen LogP contribution is 2.36. The minimum atomic E-state index is 0.578. The van der Waals surface area contributed by atoms with E-state index in [4.69, 9.17) is 0 Å². The molecule has 0 atom stereocenters. The van der Waals surface area contributed by atoms with E-state index >= 15 is 0 Å². The Morgan fingerprint density at radius 1 is 1.29 bits per heavy atom. The molecule has 0 unspecified atom stereocenters. The van der Waals surface area contributed by atoms with Gasteiger partial charge in [-0.2, -0.15) is 0 Å². The summed E-state index contributed by atoms with van der Waals surface area (Å²) < 4.78 is 2.60. The molecule has 0 saturated heterocycles. The molecule has 9 heteroatoms. The third-order valence-corrected chi connectivity index (χ3v) is 6.67. The topological polar surface area (TPSA) is 56.5 Å². The van der Waals surface area contributed by atoms with Crippen molar-refractivity contribution in [1.82, 2.24) is 25.2 Å². The molecule has 21 heavy (non-hydrogen) atoms. The number of tetrazole rings is 1. The normalized spacial score (nSPS) is 11.0. The summed E-state index contributed by atoms with van der Waals surface area (Å²) in [6.07, 6.45) is 0.923. The van der Waals surface area contributed by atoms with Gasteiger partial charge in [0, 0.05) is 0 Å². The molecule has 5 nitrogen and oxygen atoms in total. The van der Waals surface area contributed by atoms with Crippen LogP contribution in [0.4, 0.5) is 0 Å². The quantitative estimate of drug-likeness (QED) is 0.595. The molecule has 2 heterocycles. The standard InChI is InChI=1S/C12H9Br2N5S2/c1-2-7-5-3-4-6-8(7)19-17-11(16-18-19)21-12-15-9(13)10(14)20-12/h3-6H,2H2,1H3. The van der Waals surface area contributed by atoms with E-state index in [-0.39, 0.29) is 0 Å². The van der Waals surface area contributed by atoms with Crippen molar-refractivity contribution in [3.05, 3.63) is 38.2 Å². The highest BCUT2D eigenvalue weighted by atomic mass is 79.9. The molecule has 0 aliphatic heterocycles. The Kier molecular flexibility index (Phi) is 4.72. The van der Waals surface area contributed by atoms with Crippen LogP contribution in [-0.4, -0.2) is 25.2 Å². The number of hydrogen-bond acceptors (Lipinski definition) is 6. The van der Waals surface area contributed by atoms with Crippen LogP contribution in [0.5, 0.6) is 0 Å². The molecule has 0 spiro atoms. The number of halogens is 2. The average molecular weight is 447 g/mol. The van der Waals surface area contributed by atoms with Gasteiger partial charge in [-0.15, -0.1) is 15.0 Å². The predicted octanol–water partition coefficient (Wildman–Crippen LogP) is 4.36. The van der Waals surface area contributed by atoms with Crippen molar-refractivity contribution < 1.29 is 0 Å². The summed E-state index contributed by atoms with van der Waals surface area (Å²) in [5.41, 5.74) is 2.15. The molecule has 1 aromatic carbocycles. The van der Waals surface area contributed by atoms with Gasteiger partial charge >= 0.3 is 0 Å². The smallest absolute Gasteiger partial charge is 0.221 e. The maximum Gasteiger partial charge on any atom is 0.238 e. The molecule has 3 rings (SSSR count). The van der Waals surface area contributed by atoms with Gasteiger partial charge in [-0.1, -0.05) is 36.5 Å². The van der Waals surface area contributed by atoms with Gasteiger partial charge in [-0.3, -0.25) is 0 Å². The maximum atomic E-state index is 4.42. The van der Waals surface area contributed by atoms with Gasteiger partial charge in [0.1, 0.15) is 8.39 Å². The van der Waals surface area contributed by atoms with Crippen molar-refractivity contribution in [2.24, 2.45) is 0 Å². The van der Waals surface area contributed by atoms with Crippen molar-refractivity contribution in [3.63, 3.8) is 0 Å². The van der Waals surface area contributed by atoms with E-state index in [1.54, 1.807) is 4.80 Å².